The molecule has 1 aromatic heterocycles. The lowest BCUT2D eigenvalue weighted by molar-refractivity contribution is -0.671. The van der Waals surface area contributed by atoms with Crippen LogP contribution in [0.2, 0.25) is 5.54 Å². The number of nitrogens with zero attached hydrogens (tertiary/aromatic N) is 3. The van der Waals surface area contributed by atoms with Crippen LogP contribution in [0.4, 0.5) is 11.4 Å². The highest BCUT2D eigenvalue weighted by Gasteiger charge is 2.30. The minimum absolute atomic E-state index is 0. The Balaban J connectivity index is 0.00000225. The fraction of sp³-hybridized carbons (Fsp3) is 0.526. The molecular formula is C19H28ClN4Si. The fourth-order valence-electron chi connectivity index (χ4n) is 3.44. The first-order valence-electron chi connectivity index (χ1n) is 8.68. The smallest absolute Gasteiger partial charge is 0.243 e. The van der Waals surface area contributed by atoms with Gasteiger partial charge >= 0.3 is 0 Å². The minimum Gasteiger partial charge on any atom is -1.00 e. The highest BCUT2D eigenvalue weighted by atomic mass is 35.5. The van der Waals surface area contributed by atoms with Gasteiger partial charge in [-0.25, -0.2) is 9.13 Å². The molecule has 2 unspecified atom stereocenters. The number of nitrogens with two attached hydrogens (primary N) is 1. The van der Waals surface area contributed by atoms with Gasteiger partial charge in [0.2, 0.25) is 6.33 Å². The van der Waals surface area contributed by atoms with Crippen molar-refractivity contribution < 1.29 is 17.0 Å². The van der Waals surface area contributed by atoms with E-state index < -0.39 is 0 Å². The maximum absolute atomic E-state index is 6.29. The Bertz CT molecular complexity index is 726. The van der Waals surface area contributed by atoms with Gasteiger partial charge in [-0.2, -0.15) is 0 Å². The van der Waals surface area contributed by atoms with Gasteiger partial charge < -0.3 is 23.0 Å². The highest BCUT2D eigenvalue weighted by molar-refractivity contribution is 6.12. The summed E-state index contributed by atoms with van der Waals surface area (Å²) in [6, 6.07) is 7.04. The Morgan fingerprint density at radius 2 is 2.08 bits per heavy atom. The van der Waals surface area contributed by atoms with Crippen LogP contribution in [0.5, 0.6) is 0 Å². The van der Waals surface area contributed by atoms with E-state index in [4.69, 9.17) is 5.73 Å². The largest absolute Gasteiger partial charge is 1.00 e. The second-order valence-electron chi connectivity index (χ2n) is 7.63. The Morgan fingerprint density at radius 3 is 2.68 bits per heavy atom. The first-order valence-corrected chi connectivity index (χ1v) is 9.25. The number of benzene rings is 1. The van der Waals surface area contributed by atoms with E-state index in [2.05, 4.69) is 89.0 Å². The molecule has 4 nitrogen and oxygen atoms in total. The standard InChI is InChI=1S/C19H28N4Si.ClH/c1-14(24)19(2,3)17-11-15(5-6-18(17)20)22-8-7-16(12-22)23-10-9-21(4)13-23;/h5-6,9-11,13-14,16H,7-8,12,20H2,1-4H3;1H/q+1;/p-1. The van der Waals surface area contributed by atoms with E-state index in [0.29, 0.717) is 11.6 Å². The van der Waals surface area contributed by atoms with Crippen molar-refractivity contribution in [1.29, 1.82) is 0 Å². The molecule has 2 aromatic rings. The van der Waals surface area contributed by atoms with Gasteiger partial charge in [0.25, 0.3) is 0 Å². The van der Waals surface area contributed by atoms with Crippen molar-refractivity contribution in [2.24, 2.45) is 7.05 Å². The number of imidazole rings is 1. The van der Waals surface area contributed by atoms with Crippen LogP contribution in [0, 0.1) is 0 Å². The molecule has 1 aliphatic heterocycles. The molecule has 0 bridgehead atoms. The fourth-order valence-corrected chi connectivity index (χ4v) is 3.59. The molecule has 1 fully saturated rings. The van der Waals surface area contributed by atoms with Crippen LogP contribution in [0.15, 0.2) is 36.9 Å². The first kappa shape index (κ1) is 19.9. The summed E-state index contributed by atoms with van der Waals surface area (Å²) < 4.78 is 4.42. The number of hydrogen-bond acceptors (Lipinski definition) is 2. The van der Waals surface area contributed by atoms with Crippen molar-refractivity contribution in [3.05, 3.63) is 42.5 Å². The van der Waals surface area contributed by atoms with E-state index in [-0.39, 0.29) is 17.8 Å². The average molecular weight is 376 g/mol. The van der Waals surface area contributed by atoms with Crippen molar-refractivity contribution in [1.82, 2.24) is 4.57 Å². The summed E-state index contributed by atoms with van der Waals surface area (Å²) in [4.78, 5) is 2.47. The molecule has 1 aliphatic rings. The molecule has 0 saturated carbocycles. The van der Waals surface area contributed by atoms with Gasteiger partial charge in [-0.1, -0.05) is 20.8 Å². The van der Waals surface area contributed by atoms with Crippen molar-refractivity contribution in [2.75, 3.05) is 23.7 Å². The van der Waals surface area contributed by atoms with E-state index in [9.17, 15) is 0 Å². The molecule has 2 heterocycles. The number of rotatable bonds is 4. The molecule has 2 N–H and O–H groups in total. The Kier molecular flexibility index (Phi) is 5.89. The number of aromatic nitrogens is 2. The third-order valence-electron chi connectivity index (χ3n) is 5.55. The molecule has 2 atom stereocenters. The molecule has 0 spiro atoms. The Labute approximate surface area is 160 Å². The monoisotopic (exact) mass is 375 g/mol. The molecule has 3 rings (SSSR count). The van der Waals surface area contributed by atoms with Gasteiger partial charge in [-0.05, 0) is 34.7 Å². The van der Waals surface area contributed by atoms with Gasteiger partial charge in [0.05, 0.1) is 13.6 Å². The summed E-state index contributed by atoms with van der Waals surface area (Å²) in [6.07, 6.45) is 7.60. The van der Waals surface area contributed by atoms with Crippen molar-refractivity contribution in [2.45, 2.75) is 44.2 Å². The van der Waals surface area contributed by atoms with Gasteiger partial charge in [-0.15, -0.1) is 0 Å². The zero-order chi connectivity index (χ0) is 17.5. The number of nitrogen functional groups attached to an aromatic ring is 1. The molecule has 3 radical (unpaired) electrons. The van der Waals surface area contributed by atoms with Crippen molar-refractivity contribution >= 4 is 21.6 Å². The molecule has 6 heteroatoms. The molecule has 1 saturated heterocycles. The van der Waals surface area contributed by atoms with Gasteiger partial charge in [0.15, 0.2) is 0 Å². The normalized spacial score (nSPS) is 18.9. The molecule has 0 amide bonds. The maximum atomic E-state index is 6.29. The van der Waals surface area contributed by atoms with Gasteiger partial charge in [0, 0.05) is 34.6 Å². The van der Waals surface area contributed by atoms with Crippen LogP contribution in [0.25, 0.3) is 0 Å². The molecule has 135 valence electrons. The van der Waals surface area contributed by atoms with E-state index in [1.807, 2.05) is 0 Å². The van der Waals surface area contributed by atoms with E-state index in [1.54, 1.807) is 0 Å². The second-order valence-corrected chi connectivity index (χ2v) is 8.50. The lowest BCUT2D eigenvalue weighted by atomic mass is 9.80. The third kappa shape index (κ3) is 3.87. The predicted molar refractivity (Wildman–Crippen MR) is 101 cm³/mol. The minimum atomic E-state index is -0.00963. The Morgan fingerprint density at radius 1 is 1.36 bits per heavy atom. The summed E-state index contributed by atoms with van der Waals surface area (Å²) in [5.41, 5.74) is 10.00. The van der Waals surface area contributed by atoms with Crippen LogP contribution < -0.4 is 27.6 Å². The molecule has 25 heavy (non-hydrogen) atoms. The quantitative estimate of drug-likeness (QED) is 0.449. The van der Waals surface area contributed by atoms with Crippen LogP contribution in [0.1, 0.15) is 38.8 Å². The zero-order valence-corrected chi connectivity index (χ0v) is 17.3. The molecule has 1 aromatic carbocycles. The number of hydrogen-bond donors (Lipinski definition) is 1. The van der Waals surface area contributed by atoms with Crippen LogP contribution >= 0.6 is 0 Å². The Hall–Kier alpha value is -1.46. The summed E-state index contributed by atoms with van der Waals surface area (Å²) in [5, 5.41) is 0. The van der Waals surface area contributed by atoms with Crippen molar-refractivity contribution in [3.63, 3.8) is 0 Å². The maximum Gasteiger partial charge on any atom is 0.243 e. The predicted octanol–water partition coefficient (Wildman–Crippen LogP) is -0.395. The van der Waals surface area contributed by atoms with Crippen LogP contribution in [-0.2, 0) is 12.5 Å². The average Bonchev–Trinajstić information content (AvgIpc) is 3.16. The van der Waals surface area contributed by atoms with Crippen molar-refractivity contribution in [3.8, 4) is 0 Å². The number of aryl methyl sites for hydroxylation is 1. The topological polar surface area (TPSA) is 38.1 Å². The number of anilines is 2. The lowest BCUT2D eigenvalue weighted by Gasteiger charge is -2.32. The van der Waals surface area contributed by atoms with E-state index >= 15 is 0 Å². The third-order valence-corrected chi connectivity index (χ3v) is 6.27. The molecule has 0 aliphatic carbocycles. The van der Waals surface area contributed by atoms with Gasteiger partial charge in [0.1, 0.15) is 18.4 Å². The SMILES string of the molecule is CC([Si])C(C)(C)c1cc(N2CCC(n3cc[n+](C)c3)C2)ccc1N.[Cl-]. The summed E-state index contributed by atoms with van der Waals surface area (Å²) in [7, 11) is 5.87. The first-order chi connectivity index (χ1) is 11.3. The number of halogens is 1. The highest BCUT2D eigenvalue weighted by Crippen LogP contribution is 2.39. The zero-order valence-electron chi connectivity index (χ0n) is 15.5. The lowest BCUT2D eigenvalue weighted by Crippen LogP contribution is -3.00. The van der Waals surface area contributed by atoms with E-state index in [1.165, 1.54) is 17.7 Å². The second kappa shape index (κ2) is 7.42. The summed E-state index contributed by atoms with van der Waals surface area (Å²) in [6.45, 7) is 8.79. The summed E-state index contributed by atoms with van der Waals surface area (Å²) >= 11 is 0. The van der Waals surface area contributed by atoms with Crippen LogP contribution in [-0.4, -0.2) is 27.9 Å². The van der Waals surface area contributed by atoms with E-state index in [0.717, 1.165) is 18.8 Å². The van der Waals surface area contributed by atoms with Crippen LogP contribution in [0.3, 0.4) is 0 Å². The molecular weight excluding hydrogens is 348 g/mol. The summed E-state index contributed by atoms with van der Waals surface area (Å²) in [5.74, 6) is 0. The van der Waals surface area contributed by atoms with Gasteiger partial charge in [-0.3, -0.25) is 0 Å².